The highest BCUT2D eigenvalue weighted by molar-refractivity contribution is 5.99. The van der Waals surface area contributed by atoms with Crippen LogP contribution in [-0.4, -0.2) is 46.9 Å². The van der Waals surface area contributed by atoms with E-state index < -0.39 is 0 Å². The van der Waals surface area contributed by atoms with Gasteiger partial charge in [-0.3, -0.25) is 9.59 Å². The molecule has 0 aliphatic carbocycles. The second-order valence-corrected chi connectivity index (χ2v) is 8.66. The van der Waals surface area contributed by atoms with Crippen molar-refractivity contribution in [2.75, 3.05) is 20.8 Å². The molecule has 4 aromatic rings. The summed E-state index contributed by atoms with van der Waals surface area (Å²) in [5.74, 6) is 1.71. The Balaban J connectivity index is 1.43. The van der Waals surface area contributed by atoms with Crippen LogP contribution < -0.4 is 14.8 Å². The molecule has 1 fully saturated rings. The van der Waals surface area contributed by atoms with Crippen LogP contribution in [0.4, 0.5) is 0 Å². The van der Waals surface area contributed by atoms with E-state index in [1.165, 1.54) is 0 Å². The topological polar surface area (TPSA) is 85.2 Å². The molecule has 5 rings (SSSR count). The third-order valence-corrected chi connectivity index (χ3v) is 6.55. The number of carbonyl (C=O) groups excluding carboxylic acids is 2. The van der Waals surface area contributed by atoms with Gasteiger partial charge in [-0.2, -0.15) is 0 Å². The molecule has 1 aliphatic rings. The molecule has 2 aromatic heterocycles. The van der Waals surface area contributed by atoms with Crippen LogP contribution in [-0.2, 0) is 6.54 Å². The van der Waals surface area contributed by atoms with Crippen molar-refractivity contribution in [1.82, 2.24) is 19.6 Å². The lowest BCUT2D eigenvalue weighted by Crippen LogP contribution is -2.31. The van der Waals surface area contributed by atoms with Gasteiger partial charge < -0.3 is 24.1 Å². The summed E-state index contributed by atoms with van der Waals surface area (Å²) in [4.78, 5) is 33.2. The molecule has 1 atom stereocenters. The van der Waals surface area contributed by atoms with Gasteiger partial charge in [0, 0.05) is 30.4 Å². The minimum absolute atomic E-state index is 0.0260. The average Bonchev–Trinajstić information content (AvgIpc) is 3.56. The van der Waals surface area contributed by atoms with Crippen LogP contribution in [0.5, 0.6) is 11.5 Å². The SMILES string of the molecule is COc1ccc(OC)c(CNC(=O)c2nc([C@@H]3CCCN3C(=O)c3ccccc3)n3ccccc23)c1. The number of nitrogens with zero attached hydrogens (tertiary/aromatic N) is 3. The summed E-state index contributed by atoms with van der Waals surface area (Å²) in [6.45, 7) is 0.903. The summed E-state index contributed by atoms with van der Waals surface area (Å²) in [5, 5.41) is 2.97. The minimum atomic E-state index is -0.297. The van der Waals surface area contributed by atoms with Crippen molar-refractivity contribution >= 4 is 17.3 Å². The minimum Gasteiger partial charge on any atom is -0.497 e. The predicted molar refractivity (Wildman–Crippen MR) is 135 cm³/mol. The zero-order chi connectivity index (χ0) is 25.1. The predicted octanol–water partition coefficient (Wildman–Crippen LogP) is 4.26. The van der Waals surface area contributed by atoms with Gasteiger partial charge in [-0.25, -0.2) is 4.98 Å². The van der Waals surface area contributed by atoms with Gasteiger partial charge in [0.15, 0.2) is 5.69 Å². The van der Waals surface area contributed by atoms with E-state index in [1.807, 2.05) is 82.2 Å². The molecule has 8 heteroatoms. The van der Waals surface area contributed by atoms with E-state index in [4.69, 9.17) is 14.5 Å². The molecule has 8 nitrogen and oxygen atoms in total. The third-order valence-electron chi connectivity index (χ3n) is 6.55. The Morgan fingerprint density at radius 3 is 2.61 bits per heavy atom. The molecule has 184 valence electrons. The van der Waals surface area contributed by atoms with E-state index in [9.17, 15) is 9.59 Å². The Kier molecular flexibility index (Phi) is 6.58. The van der Waals surface area contributed by atoms with Gasteiger partial charge in [0.05, 0.1) is 25.8 Å². The number of methoxy groups -OCH3 is 2. The van der Waals surface area contributed by atoms with Gasteiger partial charge in [-0.05, 0) is 55.3 Å². The molecule has 1 aliphatic heterocycles. The molecule has 0 unspecified atom stereocenters. The van der Waals surface area contributed by atoms with Gasteiger partial charge in [0.25, 0.3) is 11.8 Å². The molecule has 0 radical (unpaired) electrons. The van der Waals surface area contributed by atoms with Crippen molar-refractivity contribution in [3.63, 3.8) is 0 Å². The van der Waals surface area contributed by atoms with Gasteiger partial charge in [-0.1, -0.05) is 24.3 Å². The number of rotatable bonds is 7. The van der Waals surface area contributed by atoms with Crippen molar-refractivity contribution in [3.05, 3.63) is 95.6 Å². The maximum atomic E-state index is 13.3. The molecular formula is C28H28N4O4. The zero-order valence-corrected chi connectivity index (χ0v) is 20.3. The number of benzene rings is 2. The van der Waals surface area contributed by atoms with Crippen molar-refractivity contribution in [2.24, 2.45) is 0 Å². The molecule has 3 heterocycles. The summed E-state index contributed by atoms with van der Waals surface area (Å²) in [7, 11) is 3.18. The molecule has 2 amide bonds. The monoisotopic (exact) mass is 484 g/mol. The zero-order valence-electron chi connectivity index (χ0n) is 20.3. The van der Waals surface area contributed by atoms with Crippen LogP contribution in [0.15, 0.2) is 72.9 Å². The molecule has 36 heavy (non-hydrogen) atoms. The fourth-order valence-electron chi connectivity index (χ4n) is 4.77. The number of carbonyl (C=O) groups is 2. The largest absolute Gasteiger partial charge is 0.497 e. The van der Waals surface area contributed by atoms with Gasteiger partial charge in [0.1, 0.15) is 17.3 Å². The Hall–Kier alpha value is -4.33. The summed E-state index contributed by atoms with van der Waals surface area (Å²) in [5.41, 5.74) is 2.47. The van der Waals surface area contributed by atoms with Gasteiger partial charge in [-0.15, -0.1) is 0 Å². The van der Waals surface area contributed by atoms with E-state index in [0.29, 0.717) is 40.6 Å². The Bertz CT molecular complexity index is 1400. The second kappa shape index (κ2) is 10.1. The lowest BCUT2D eigenvalue weighted by molar-refractivity contribution is 0.0729. The number of pyridine rings is 1. The maximum Gasteiger partial charge on any atom is 0.272 e. The van der Waals surface area contributed by atoms with Crippen LogP contribution in [0.2, 0.25) is 0 Å². The fraction of sp³-hybridized carbons (Fsp3) is 0.250. The Morgan fingerprint density at radius 2 is 1.83 bits per heavy atom. The highest BCUT2D eigenvalue weighted by Crippen LogP contribution is 2.34. The Morgan fingerprint density at radius 1 is 1.03 bits per heavy atom. The third kappa shape index (κ3) is 4.37. The highest BCUT2D eigenvalue weighted by atomic mass is 16.5. The first kappa shape index (κ1) is 23.4. The number of aromatic nitrogens is 2. The number of fused-ring (bicyclic) bond motifs is 1. The quantitative estimate of drug-likeness (QED) is 0.424. The normalized spacial score (nSPS) is 15.2. The summed E-state index contributed by atoms with van der Waals surface area (Å²) < 4.78 is 12.7. The maximum absolute atomic E-state index is 13.3. The molecular weight excluding hydrogens is 456 g/mol. The van der Waals surface area contributed by atoms with Crippen LogP contribution in [0.25, 0.3) is 5.52 Å². The molecule has 0 spiro atoms. The summed E-state index contributed by atoms with van der Waals surface area (Å²) in [6, 6.07) is 20.2. The Labute approximate surface area is 209 Å². The summed E-state index contributed by atoms with van der Waals surface area (Å²) >= 11 is 0. The molecule has 1 saturated heterocycles. The fourth-order valence-corrected chi connectivity index (χ4v) is 4.77. The van der Waals surface area contributed by atoms with E-state index in [0.717, 1.165) is 18.4 Å². The van der Waals surface area contributed by atoms with Crippen molar-refractivity contribution in [1.29, 1.82) is 0 Å². The van der Waals surface area contributed by atoms with Crippen LogP contribution in [0.1, 0.15) is 51.1 Å². The van der Waals surface area contributed by atoms with Crippen LogP contribution >= 0.6 is 0 Å². The highest BCUT2D eigenvalue weighted by Gasteiger charge is 2.34. The first-order valence-electron chi connectivity index (χ1n) is 11.9. The molecule has 0 saturated carbocycles. The number of likely N-dealkylation sites (tertiary alicyclic amines) is 1. The van der Waals surface area contributed by atoms with E-state index in [1.54, 1.807) is 14.2 Å². The first-order valence-corrected chi connectivity index (χ1v) is 11.9. The van der Waals surface area contributed by atoms with Crippen molar-refractivity contribution in [2.45, 2.75) is 25.4 Å². The van der Waals surface area contributed by atoms with Gasteiger partial charge >= 0.3 is 0 Å². The van der Waals surface area contributed by atoms with Crippen molar-refractivity contribution < 1.29 is 19.1 Å². The average molecular weight is 485 g/mol. The van der Waals surface area contributed by atoms with E-state index in [-0.39, 0.29) is 24.4 Å². The lowest BCUT2D eigenvalue weighted by atomic mass is 10.1. The molecule has 2 aromatic carbocycles. The number of ether oxygens (including phenoxy) is 2. The summed E-state index contributed by atoms with van der Waals surface area (Å²) in [6.07, 6.45) is 3.56. The smallest absolute Gasteiger partial charge is 0.272 e. The van der Waals surface area contributed by atoms with E-state index >= 15 is 0 Å². The van der Waals surface area contributed by atoms with Gasteiger partial charge in [0.2, 0.25) is 0 Å². The second-order valence-electron chi connectivity index (χ2n) is 8.66. The van der Waals surface area contributed by atoms with Crippen LogP contribution in [0, 0.1) is 0 Å². The molecule has 1 N–H and O–H groups in total. The number of hydrogen-bond acceptors (Lipinski definition) is 5. The number of nitrogens with one attached hydrogen (secondary N) is 1. The van der Waals surface area contributed by atoms with Crippen LogP contribution in [0.3, 0.4) is 0 Å². The first-order chi connectivity index (χ1) is 17.6. The molecule has 0 bridgehead atoms. The number of imidazole rings is 1. The number of hydrogen-bond donors (Lipinski definition) is 1. The lowest BCUT2D eigenvalue weighted by Gasteiger charge is -2.24. The van der Waals surface area contributed by atoms with E-state index in [2.05, 4.69) is 5.32 Å². The standard InChI is InChI=1S/C28H28N4O4/c1-35-21-13-14-24(36-2)20(17-21)18-29-27(33)25-22-11-6-7-15-31(22)26(30-25)23-12-8-16-32(23)28(34)19-9-4-3-5-10-19/h3-7,9-11,13-15,17,23H,8,12,16,18H2,1-2H3,(H,29,33)/t23-/m0/s1. The number of amides is 2. The van der Waals surface area contributed by atoms with Crippen molar-refractivity contribution in [3.8, 4) is 11.5 Å².